The molecule has 0 spiro atoms. The molecule has 0 saturated carbocycles. The van der Waals surface area contributed by atoms with Crippen molar-refractivity contribution in [2.45, 2.75) is 87.7 Å². The van der Waals surface area contributed by atoms with Gasteiger partial charge in [0.25, 0.3) is 0 Å². The van der Waals surface area contributed by atoms with Gasteiger partial charge in [-0.2, -0.15) is 0 Å². The van der Waals surface area contributed by atoms with Gasteiger partial charge in [-0.15, -0.1) is 0 Å². The van der Waals surface area contributed by atoms with Crippen LogP contribution in [-0.2, 0) is 0 Å². The van der Waals surface area contributed by atoms with Gasteiger partial charge in [0.15, 0.2) is 0 Å². The maximum absolute atomic E-state index is 2.55. The zero-order valence-corrected chi connectivity index (χ0v) is 16.5. The number of rotatable bonds is 2. The van der Waals surface area contributed by atoms with Crippen molar-refractivity contribution in [2.75, 3.05) is 6.54 Å². The molecule has 0 radical (unpaired) electrons. The van der Waals surface area contributed by atoms with Crippen molar-refractivity contribution in [2.24, 2.45) is 0 Å². The Hall–Kier alpha value is -1.02. The summed E-state index contributed by atoms with van der Waals surface area (Å²) in [5.74, 6) is 0. The average Bonchev–Trinajstić information content (AvgIpc) is 2.54. The van der Waals surface area contributed by atoms with Crippen LogP contribution < -0.4 is 0 Å². The first-order valence-electron chi connectivity index (χ1n) is 8.67. The highest BCUT2D eigenvalue weighted by Crippen LogP contribution is 2.38. The summed E-state index contributed by atoms with van der Waals surface area (Å²) in [6, 6.07) is 0.963. The number of allylic oxidation sites excluding steroid dienone is 4. The van der Waals surface area contributed by atoms with E-state index in [1.54, 1.807) is 0 Å². The van der Waals surface area contributed by atoms with Gasteiger partial charge in [-0.1, -0.05) is 16.7 Å². The Bertz CT molecular complexity index is 492. The van der Waals surface area contributed by atoms with Crippen molar-refractivity contribution in [1.29, 1.82) is 0 Å². The minimum absolute atomic E-state index is 0.457. The van der Waals surface area contributed by atoms with Gasteiger partial charge in [-0.3, -0.25) is 0 Å². The fourth-order valence-electron chi connectivity index (χ4n) is 3.42. The molecule has 1 fully saturated rings. The van der Waals surface area contributed by atoms with Gasteiger partial charge in [0.05, 0.1) is 5.70 Å². The summed E-state index contributed by atoms with van der Waals surface area (Å²) in [6.45, 7) is 23.8. The van der Waals surface area contributed by atoms with Gasteiger partial charge >= 0.3 is 0 Å². The molecule has 126 valence electrons. The lowest BCUT2D eigenvalue weighted by molar-refractivity contribution is -0.0374. The molecule has 0 N–H and O–H groups in total. The summed E-state index contributed by atoms with van der Waals surface area (Å²) in [6.07, 6.45) is 1.13. The third-order valence-electron chi connectivity index (χ3n) is 4.30. The standard InChI is InChI=1S/C20H36N2/c1-13(2)18-11-12-21(16(7)8)22(17(9)10)20(15(5)6)19(18)14(3)4/h16-17H,11-12H2,1-10H3. The fraction of sp³-hybridized carbons (Fsp3) is 0.700. The highest BCUT2D eigenvalue weighted by atomic mass is 15.6. The molecular formula is C20H36N2. The van der Waals surface area contributed by atoms with Gasteiger partial charge in [0, 0.05) is 24.2 Å². The number of hydrogen-bond donors (Lipinski definition) is 0. The van der Waals surface area contributed by atoms with Crippen LogP contribution in [0, 0.1) is 0 Å². The summed E-state index contributed by atoms with van der Waals surface area (Å²) < 4.78 is 0. The lowest BCUT2D eigenvalue weighted by Crippen LogP contribution is -2.49. The minimum atomic E-state index is 0.457. The Balaban J connectivity index is 3.71. The monoisotopic (exact) mass is 304 g/mol. The molecular weight excluding hydrogens is 268 g/mol. The molecule has 1 rings (SSSR count). The van der Waals surface area contributed by atoms with Crippen molar-refractivity contribution in [1.82, 2.24) is 10.0 Å². The molecule has 1 heterocycles. The van der Waals surface area contributed by atoms with Gasteiger partial charge < -0.3 is 5.01 Å². The smallest absolute Gasteiger partial charge is 0.0586 e. The third-order valence-corrected chi connectivity index (χ3v) is 4.30. The summed E-state index contributed by atoms with van der Waals surface area (Å²) in [4.78, 5) is 0. The van der Waals surface area contributed by atoms with E-state index in [2.05, 4.69) is 79.3 Å². The second-order valence-corrected chi connectivity index (χ2v) is 7.65. The van der Waals surface area contributed by atoms with Crippen LogP contribution in [0.1, 0.15) is 75.7 Å². The molecule has 0 aliphatic carbocycles. The van der Waals surface area contributed by atoms with Crippen molar-refractivity contribution < 1.29 is 0 Å². The molecule has 2 nitrogen and oxygen atoms in total. The van der Waals surface area contributed by atoms with Gasteiger partial charge in [-0.25, -0.2) is 5.01 Å². The molecule has 0 atom stereocenters. The van der Waals surface area contributed by atoms with E-state index in [9.17, 15) is 0 Å². The quantitative estimate of drug-likeness (QED) is 0.646. The van der Waals surface area contributed by atoms with Crippen molar-refractivity contribution in [3.8, 4) is 0 Å². The molecule has 0 aromatic rings. The van der Waals surface area contributed by atoms with E-state index < -0.39 is 0 Å². The lowest BCUT2D eigenvalue weighted by Gasteiger charge is -2.43. The number of hydrazine groups is 1. The van der Waals surface area contributed by atoms with Crippen molar-refractivity contribution in [3.05, 3.63) is 33.6 Å². The van der Waals surface area contributed by atoms with E-state index in [1.807, 2.05) is 0 Å². The van der Waals surface area contributed by atoms with Gasteiger partial charge in [0.2, 0.25) is 0 Å². The van der Waals surface area contributed by atoms with E-state index in [-0.39, 0.29) is 0 Å². The molecule has 22 heavy (non-hydrogen) atoms. The van der Waals surface area contributed by atoms with E-state index in [0.717, 1.165) is 13.0 Å². The summed E-state index contributed by atoms with van der Waals surface area (Å²) in [5, 5.41) is 5.09. The van der Waals surface area contributed by atoms with Crippen LogP contribution in [0.2, 0.25) is 0 Å². The van der Waals surface area contributed by atoms with E-state index in [4.69, 9.17) is 0 Å². The third kappa shape index (κ3) is 3.84. The molecule has 0 aromatic heterocycles. The van der Waals surface area contributed by atoms with Crippen LogP contribution in [0.5, 0.6) is 0 Å². The van der Waals surface area contributed by atoms with Crippen LogP contribution in [0.3, 0.4) is 0 Å². The SMILES string of the molecule is CC(C)=C1CCN(C(C)C)N(C(C)C)C(=C(C)C)C1=C(C)C. The topological polar surface area (TPSA) is 6.48 Å². The van der Waals surface area contributed by atoms with Crippen molar-refractivity contribution >= 4 is 0 Å². The van der Waals surface area contributed by atoms with Crippen LogP contribution in [0.25, 0.3) is 0 Å². The Morgan fingerprint density at radius 2 is 1.32 bits per heavy atom. The van der Waals surface area contributed by atoms with E-state index in [1.165, 1.54) is 33.6 Å². The Kier molecular flexibility index (Phi) is 6.49. The molecule has 2 heteroatoms. The van der Waals surface area contributed by atoms with Gasteiger partial charge in [-0.05, 0) is 81.2 Å². The number of hydrogen-bond acceptors (Lipinski definition) is 2. The van der Waals surface area contributed by atoms with E-state index in [0.29, 0.717) is 12.1 Å². The molecule has 1 aliphatic heterocycles. The normalized spacial score (nSPS) is 17.5. The maximum atomic E-state index is 2.55. The molecule has 0 bridgehead atoms. The maximum Gasteiger partial charge on any atom is 0.0586 e. The van der Waals surface area contributed by atoms with Crippen LogP contribution in [0.4, 0.5) is 0 Å². The summed E-state index contributed by atoms with van der Waals surface area (Å²) in [5.41, 5.74) is 8.68. The summed E-state index contributed by atoms with van der Waals surface area (Å²) >= 11 is 0. The van der Waals surface area contributed by atoms with Crippen LogP contribution in [0.15, 0.2) is 33.6 Å². The van der Waals surface area contributed by atoms with Crippen LogP contribution >= 0.6 is 0 Å². The van der Waals surface area contributed by atoms with E-state index >= 15 is 0 Å². The molecule has 0 amide bonds. The van der Waals surface area contributed by atoms with Crippen molar-refractivity contribution in [3.63, 3.8) is 0 Å². The van der Waals surface area contributed by atoms with Gasteiger partial charge in [0.1, 0.15) is 0 Å². The first-order chi connectivity index (χ1) is 10.1. The highest BCUT2D eigenvalue weighted by Gasteiger charge is 2.31. The Morgan fingerprint density at radius 1 is 0.773 bits per heavy atom. The predicted molar refractivity (Wildman–Crippen MR) is 98.6 cm³/mol. The first-order valence-corrected chi connectivity index (χ1v) is 8.67. The lowest BCUT2D eigenvalue weighted by atomic mass is 9.91. The summed E-state index contributed by atoms with van der Waals surface area (Å²) in [7, 11) is 0. The fourth-order valence-corrected chi connectivity index (χ4v) is 3.42. The molecule has 0 unspecified atom stereocenters. The second-order valence-electron chi connectivity index (χ2n) is 7.65. The predicted octanol–water partition coefficient (Wildman–Crippen LogP) is 5.69. The number of nitrogens with zero attached hydrogens (tertiary/aromatic N) is 2. The molecule has 1 aliphatic rings. The largest absolute Gasteiger partial charge is 0.303 e. The average molecular weight is 305 g/mol. The first kappa shape index (κ1) is 19.0. The minimum Gasteiger partial charge on any atom is -0.303 e. The zero-order valence-electron chi connectivity index (χ0n) is 16.5. The zero-order chi connectivity index (χ0) is 17.2. The Morgan fingerprint density at radius 3 is 1.64 bits per heavy atom. The molecule has 0 aromatic carbocycles. The second kappa shape index (κ2) is 7.50. The molecule has 1 saturated heterocycles. The van der Waals surface area contributed by atoms with Crippen LogP contribution in [-0.4, -0.2) is 28.6 Å². The highest BCUT2D eigenvalue weighted by molar-refractivity contribution is 5.52. The Labute approximate surface area is 138 Å².